The number of benzene rings is 2. The molecule has 4 aromatic rings. The Bertz CT molecular complexity index is 1550. The third-order valence-corrected chi connectivity index (χ3v) is 6.32. The minimum Gasteiger partial charge on any atom is -0.490 e. The summed E-state index contributed by atoms with van der Waals surface area (Å²) in [5.74, 6) is 0.311. The van der Waals surface area contributed by atoms with Gasteiger partial charge in [0.05, 0.1) is 30.2 Å². The Morgan fingerprint density at radius 1 is 1.03 bits per heavy atom. The lowest BCUT2D eigenvalue weighted by atomic mass is 9.98. The van der Waals surface area contributed by atoms with E-state index in [2.05, 4.69) is 11.9 Å². The molecule has 0 N–H and O–H groups in total. The van der Waals surface area contributed by atoms with Gasteiger partial charge in [0.25, 0.3) is 5.91 Å². The van der Waals surface area contributed by atoms with Gasteiger partial charge < -0.3 is 13.9 Å². The van der Waals surface area contributed by atoms with E-state index in [0.717, 1.165) is 24.5 Å². The van der Waals surface area contributed by atoms with Gasteiger partial charge in [-0.05, 0) is 73.9 Å². The quantitative estimate of drug-likeness (QED) is 0.277. The van der Waals surface area contributed by atoms with Crippen molar-refractivity contribution in [1.82, 2.24) is 4.98 Å². The number of carbonyl (C=O) groups is 1. The number of nitrogens with zero attached hydrogens (tertiary/aromatic N) is 2. The molecule has 0 spiro atoms. The molecule has 2 aromatic heterocycles. The number of aryl methyl sites for hydroxylation is 1. The Kier molecular flexibility index (Phi) is 6.65. The highest BCUT2D eigenvalue weighted by Gasteiger charge is 2.44. The molecule has 8 heteroatoms. The molecular formula is C29H27FN2O5. The first-order valence-corrected chi connectivity index (χ1v) is 12.3. The molecular weight excluding hydrogens is 475 g/mol. The number of pyridine rings is 1. The molecule has 0 bridgehead atoms. The number of ether oxygens (including phenoxy) is 2. The van der Waals surface area contributed by atoms with Crippen molar-refractivity contribution < 1.29 is 23.1 Å². The molecule has 1 unspecified atom stereocenters. The summed E-state index contributed by atoms with van der Waals surface area (Å²) in [7, 11) is 0. The van der Waals surface area contributed by atoms with Gasteiger partial charge in [-0.25, -0.2) is 9.37 Å². The summed E-state index contributed by atoms with van der Waals surface area (Å²) in [5.41, 5.74) is 1.32. The Balaban J connectivity index is 1.72. The molecule has 0 radical (unpaired) electrons. The van der Waals surface area contributed by atoms with Gasteiger partial charge in [-0.1, -0.05) is 19.4 Å². The summed E-state index contributed by atoms with van der Waals surface area (Å²) in [6.07, 6.45) is 3.50. The first kappa shape index (κ1) is 24.5. The van der Waals surface area contributed by atoms with Crippen LogP contribution in [0.3, 0.4) is 0 Å². The zero-order valence-corrected chi connectivity index (χ0v) is 20.9. The van der Waals surface area contributed by atoms with E-state index in [9.17, 15) is 14.0 Å². The van der Waals surface area contributed by atoms with Gasteiger partial charge >= 0.3 is 0 Å². The number of halogens is 1. The molecule has 0 saturated heterocycles. The maximum atomic E-state index is 14.1. The molecule has 5 rings (SSSR count). The first-order chi connectivity index (χ1) is 17.9. The standard InChI is InChI=1S/C29H27FN2O5/c1-4-6-13-36-22-9-7-18(15-23(22)35-5-2)26-25-27(33)20-16-19(30)8-10-21(20)37-28(25)29(34)32(26)24-14-17(3)11-12-31-24/h7-12,14-16,26H,4-6,13H2,1-3H3. The van der Waals surface area contributed by atoms with E-state index in [1.165, 1.54) is 17.0 Å². The molecule has 0 aliphatic carbocycles. The third kappa shape index (κ3) is 4.43. The number of hydrogen-bond acceptors (Lipinski definition) is 6. The van der Waals surface area contributed by atoms with Crippen LogP contribution in [-0.4, -0.2) is 24.1 Å². The second kappa shape index (κ2) is 10.0. The van der Waals surface area contributed by atoms with Crippen LogP contribution in [0.15, 0.2) is 63.9 Å². The van der Waals surface area contributed by atoms with E-state index in [1.54, 1.807) is 30.5 Å². The van der Waals surface area contributed by atoms with Crippen molar-refractivity contribution in [1.29, 1.82) is 0 Å². The molecule has 1 amide bonds. The van der Waals surface area contributed by atoms with Gasteiger partial charge in [0, 0.05) is 6.20 Å². The van der Waals surface area contributed by atoms with Gasteiger partial charge in [-0.15, -0.1) is 0 Å². The predicted octanol–water partition coefficient (Wildman–Crippen LogP) is 5.96. The Hall–Kier alpha value is -4.20. The average molecular weight is 503 g/mol. The number of carbonyl (C=O) groups excluding carboxylic acids is 1. The van der Waals surface area contributed by atoms with Gasteiger partial charge in [0.1, 0.15) is 17.2 Å². The van der Waals surface area contributed by atoms with E-state index in [1.807, 2.05) is 19.9 Å². The van der Waals surface area contributed by atoms with E-state index in [4.69, 9.17) is 13.9 Å². The number of aromatic nitrogens is 1. The fourth-order valence-electron chi connectivity index (χ4n) is 4.56. The van der Waals surface area contributed by atoms with Crippen molar-refractivity contribution in [3.63, 3.8) is 0 Å². The van der Waals surface area contributed by atoms with Crippen molar-refractivity contribution in [2.45, 2.75) is 39.7 Å². The van der Waals surface area contributed by atoms with Crippen LogP contribution < -0.4 is 19.8 Å². The predicted molar refractivity (Wildman–Crippen MR) is 138 cm³/mol. The number of amides is 1. The summed E-state index contributed by atoms with van der Waals surface area (Å²) < 4.78 is 31.8. The Morgan fingerprint density at radius 2 is 1.86 bits per heavy atom. The zero-order chi connectivity index (χ0) is 26.1. The smallest absolute Gasteiger partial charge is 0.296 e. The van der Waals surface area contributed by atoms with Crippen LogP contribution in [0.5, 0.6) is 11.5 Å². The van der Waals surface area contributed by atoms with E-state index < -0.39 is 23.2 Å². The van der Waals surface area contributed by atoms with Crippen molar-refractivity contribution >= 4 is 22.7 Å². The monoisotopic (exact) mass is 502 g/mol. The Morgan fingerprint density at radius 3 is 2.62 bits per heavy atom. The Labute approximate surface area is 213 Å². The lowest BCUT2D eigenvalue weighted by Crippen LogP contribution is -2.30. The summed E-state index contributed by atoms with van der Waals surface area (Å²) in [5, 5.41) is 0.0696. The number of fused-ring (bicyclic) bond motifs is 2. The largest absolute Gasteiger partial charge is 0.490 e. The molecule has 1 aliphatic heterocycles. The maximum absolute atomic E-state index is 14.1. The number of anilines is 1. The molecule has 3 heterocycles. The fourth-order valence-corrected chi connectivity index (χ4v) is 4.56. The van der Waals surface area contributed by atoms with Gasteiger partial charge in [-0.3, -0.25) is 14.5 Å². The highest BCUT2D eigenvalue weighted by molar-refractivity contribution is 6.10. The number of unbranched alkanes of at least 4 members (excludes halogenated alkanes) is 1. The topological polar surface area (TPSA) is 81.9 Å². The maximum Gasteiger partial charge on any atom is 0.296 e. The van der Waals surface area contributed by atoms with Crippen LogP contribution in [0, 0.1) is 12.7 Å². The number of rotatable bonds is 8. The zero-order valence-electron chi connectivity index (χ0n) is 20.9. The van der Waals surface area contributed by atoms with Crippen molar-refractivity contribution in [2.75, 3.05) is 18.1 Å². The van der Waals surface area contributed by atoms with E-state index in [0.29, 0.717) is 36.1 Å². The lowest BCUT2D eigenvalue weighted by molar-refractivity contribution is 0.0970. The normalized spacial score (nSPS) is 14.8. The summed E-state index contributed by atoms with van der Waals surface area (Å²) in [6.45, 7) is 6.79. The fraction of sp³-hybridized carbons (Fsp3) is 0.276. The van der Waals surface area contributed by atoms with Crippen LogP contribution in [-0.2, 0) is 0 Å². The minimum absolute atomic E-state index is 0.0696. The molecule has 0 saturated carbocycles. The molecule has 1 aliphatic rings. The van der Waals surface area contributed by atoms with Crippen molar-refractivity contribution in [2.24, 2.45) is 0 Å². The summed E-state index contributed by atoms with van der Waals surface area (Å²) in [6, 6.07) is 11.8. The van der Waals surface area contributed by atoms with Gasteiger partial charge in [0.15, 0.2) is 16.9 Å². The summed E-state index contributed by atoms with van der Waals surface area (Å²) in [4.78, 5) is 33.3. The second-order valence-corrected chi connectivity index (χ2v) is 8.92. The van der Waals surface area contributed by atoms with Gasteiger partial charge in [-0.2, -0.15) is 0 Å². The minimum atomic E-state index is -0.857. The highest BCUT2D eigenvalue weighted by atomic mass is 19.1. The van der Waals surface area contributed by atoms with Crippen molar-refractivity contribution in [3.05, 3.63) is 93.2 Å². The van der Waals surface area contributed by atoms with Crippen LogP contribution in [0.25, 0.3) is 11.0 Å². The molecule has 2 aromatic carbocycles. The third-order valence-electron chi connectivity index (χ3n) is 6.32. The highest BCUT2D eigenvalue weighted by Crippen LogP contribution is 2.43. The van der Waals surface area contributed by atoms with Crippen LogP contribution >= 0.6 is 0 Å². The van der Waals surface area contributed by atoms with Crippen LogP contribution in [0.2, 0.25) is 0 Å². The molecule has 37 heavy (non-hydrogen) atoms. The van der Waals surface area contributed by atoms with E-state index in [-0.39, 0.29) is 22.3 Å². The molecule has 7 nitrogen and oxygen atoms in total. The second-order valence-electron chi connectivity index (χ2n) is 8.92. The van der Waals surface area contributed by atoms with Crippen LogP contribution in [0.1, 0.15) is 60.0 Å². The first-order valence-electron chi connectivity index (χ1n) is 12.3. The van der Waals surface area contributed by atoms with Gasteiger partial charge in [0.2, 0.25) is 5.76 Å². The lowest BCUT2D eigenvalue weighted by Gasteiger charge is -2.25. The van der Waals surface area contributed by atoms with E-state index >= 15 is 0 Å². The molecule has 1 atom stereocenters. The molecule has 190 valence electrons. The SMILES string of the molecule is CCCCOc1ccc(C2c3c(oc4ccc(F)cc4c3=O)C(=O)N2c2cc(C)ccn2)cc1OCC. The summed E-state index contributed by atoms with van der Waals surface area (Å²) >= 11 is 0. The molecule has 0 fully saturated rings. The average Bonchev–Trinajstić information content (AvgIpc) is 3.18. The van der Waals surface area contributed by atoms with Crippen LogP contribution in [0.4, 0.5) is 10.2 Å². The number of hydrogen-bond donors (Lipinski definition) is 0. The van der Waals surface area contributed by atoms with Crippen molar-refractivity contribution in [3.8, 4) is 11.5 Å².